The lowest BCUT2D eigenvalue weighted by atomic mass is 9.79. The maximum Gasteiger partial charge on any atom is 0.255 e. The maximum absolute atomic E-state index is 12.6. The molecule has 7 heteroatoms. The van der Waals surface area contributed by atoms with Crippen LogP contribution in [0.2, 0.25) is 0 Å². The summed E-state index contributed by atoms with van der Waals surface area (Å²) >= 11 is 0. The number of amides is 1. The SMILES string of the molecule is COCC1(CNC(=O)c2cn[nH]c2-c2ccncc2)CCNCC1. The molecule has 7 nitrogen and oxygen atoms in total. The van der Waals surface area contributed by atoms with Gasteiger partial charge in [-0.25, -0.2) is 0 Å². The Balaban J connectivity index is 1.70. The first-order chi connectivity index (χ1) is 11.7. The van der Waals surface area contributed by atoms with Gasteiger partial charge in [-0.15, -0.1) is 0 Å². The van der Waals surface area contributed by atoms with Crippen LogP contribution in [-0.2, 0) is 4.74 Å². The van der Waals surface area contributed by atoms with Crippen LogP contribution in [0, 0.1) is 5.41 Å². The molecule has 3 rings (SSSR count). The van der Waals surface area contributed by atoms with Crippen molar-refractivity contribution in [3.8, 4) is 11.3 Å². The molecule has 0 atom stereocenters. The number of hydrogen-bond acceptors (Lipinski definition) is 5. The highest BCUT2D eigenvalue weighted by molar-refractivity contribution is 5.99. The van der Waals surface area contributed by atoms with E-state index in [1.165, 1.54) is 0 Å². The third-order valence-corrected chi connectivity index (χ3v) is 4.59. The molecule has 128 valence electrons. The molecular formula is C17H23N5O2. The number of hydrogen-bond donors (Lipinski definition) is 3. The lowest BCUT2D eigenvalue weighted by molar-refractivity contribution is 0.0512. The van der Waals surface area contributed by atoms with Gasteiger partial charge in [-0.05, 0) is 38.1 Å². The van der Waals surface area contributed by atoms with E-state index < -0.39 is 0 Å². The van der Waals surface area contributed by atoms with Crippen LogP contribution < -0.4 is 10.6 Å². The van der Waals surface area contributed by atoms with E-state index in [0.29, 0.717) is 24.4 Å². The monoisotopic (exact) mass is 329 g/mol. The molecule has 1 amide bonds. The number of methoxy groups -OCH3 is 1. The molecule has 3 N–H and O–H groups in total. The fourth-order valence-electron chi connectivity index (χ4n) is 3.20. The van der Waals surface area contributed by atoms with Crippen molar-refractivity contribution in [3.63, 3.8) is 0 Å². The van der Waals surface area contributed by atoms with Gasteiger partial charge < -0.3 is 15.4 Å². The van der Waals surface area contributed by atoms with Gasteiger partial charge in [0.1, 0.15) is 0 Å². The summed E-state index contributed by atoms with van der Waals surface area (Å²) < 4.78 is 5.40. The van der Waals surface area contributed by atoms with Crippen LogP contribution in [0.4, 0.5) is 0 Å². The highest BCUT2D eigenvalue weighted by atomic mass is 16.5. The average molecular weight is 329 g/mol. The van der Waals surface area contributed by atoms with Gasteiger partial charge in [-0.3, -0.25) is 14.9 Å². The van der Waals surface area contributed by atoms with Gasteiger partial charge in [0.15, 0.2) is 0 Å². The normalized spacial score (nSPS) is 16.7. The van der Waals surface area contributed by atoms with Crippen LogP contribution in [0.25, 0.3) is 11.3 Å². The van der Waals surface area contributed by atoms with E-state index >= 15 is 0 Å². The molecule has 1 fully saturated rings. The standard InChI is InChI=1S/C17H23N5O2/c1-24-12-17(4-8-19-9-5-17)11-20-16(23)14-10-21-22-15(14)13-2-6-18-7-3-13/h2-3,6-7,10,19H,4-5,8-9,11-12H2,1H3,(H,20,23)(H,21,22). The van der Waals surface area contributed by atoms with Crippen molar-refractivity contribution in [3.05, 3.63) is 36.3 Å². The maximum atomic E-state index is 12.6. The first-order valence-corrected chi connectivity index (χ1v) is 8.16. The van der Waals surface area contributed by atoms with Gasteiger partial charge in [0, 0.05) is 37.0 Å². The summed E-state index contributed by atoms with van der Waals surface area (Å²) in [6, 6.07) is 3.70. The number of nitrogens with one attached hydrogen (secondary N) is 3. The Hall–Kier alpha value is -2.25. The summed E-state index contributed by atoms with van der Waals surface area (Å²) in [6.07, 6.45) is 6.94. The minimum Gasteiger partial charge on any atom is -0.384 e. The zero-order valence-electron chi connectivity index (χ0n) is 13.8. The van der Waals surface area contributed by atoms with Crippen molar-refractivity contribution in [1.82, 2.24) is 25.8 Å². The second-order valence-electron chi connectivity index (χ2n) is 6.26. The second kappa shape index (κ2) is 7.55. The van der Waals surface area contributed by atoms with Crippen LogP contribution >= 0.6 is 0 Å². The number of carbonyl (C=O) groups excluding carboxylic acids is 1. The van der Waals surface area contributed by atoms with E-state index in [-0.39, 0.29) is 11.3 Å². The van der Waals surface area contributed by atoms with Crippen molar-refractivity contribution in [2.24, 2.45) is 5.41 Å². The number of nitrogens with zero attached hydrogens (tertiary/aromatic N) is 2. The number of aromatic nitrogens is 3. The molecule has 3 heterocycles. The fraction of sp³-hybridized carbons (Fsp3) is 0.471. The van der Waals surface area contributed by atoms with E-state index in [9.17, 15) is 4.79 Å². The topological polar surface area (TPSA) is 91.9 Å². The van der Waals surface area contributed by atoms with Gasteiger partial charge in [-0.1, -0.05) is 0 Å². The molecule has 0 aromatic carbocycles. The molecule has 1 aliphatic heterocycles. The third kappa shape index (κ3) is 3.63. The molecule has 1 aliphatic rings. The first kappa shape index (κ1) is 16.6. The summed E-state index contributed by atoms with van der Waals surface area (Å²) in [6.45, 7) is 3.15. The van der Waals surface area contributed by atoms with Crippen molar-refractivity contribution < 1.29 is 9.53 Å². The summed E-state index contributed by atoms with van der Waals surface area (Å²) in [5, 5.41) is 13.4. The average Bonchev–Trinajstić information content (AvgIpc) is 3.11. The fourth-order valence-corrected chi connectivity index (χ4v) is 3.20. The molecule has 0 unspecified atom stereocenters. The molecule has 0 saturated carbocycles. The molecule has 24 heavy (non-hydrogen) atoms. The Bertz CT molecular complexity index is 659. The van der Waals surface area contributed by atoms with Gasteiger partial charge in [-0.2, -0.15) is 5.10 Å². The number of carbonyl (C=O) groups is 1. The number of piperidine rings is 1. The van der Waals surface area contributed by atoms with E-state index in [4.69, 9.17) is 4.74 Å². The molecule has 1 saturated heterocycles. The van der Waals surface area contributed by atoms with Crippen LogP contribution in [0.3, 0.4) is 0 Å². The smallest absolute Gasteiger partial charge is 0.255 e. The molecule has 0 aliphatic carbocycles. The predicted molar refractivity (Wildman–Crippen MR) is 90.6 cm³/mol. The van der Waals surface area contributed by atoms with Crippen molar-refractivity contribution in [1.29, 1.82) is 0 Å². The lowest BCUT2D eigenvalue weighted by Gasteiger charge is -2.37. The minimum atomic E-state index is -0.121. The van der Waals surface area contributed by atoms with E-state index in [2.05, 4.69) is 25.8 Å². The molecule has 0 bridgehead atoms. The molecule has 0 spiro atoms. The van der Waals surface area contributed by atoms with E-state index in [0.717, 1.165) is 31.5 Å². The zero-order valence-corrected chi connectivity index (χ0v) is 13.8. The Kier molecular flexibility index (Phi) is 5.22. The zero-order chi connectivity index (χ0) is 16.8. The number of H-pyrrole nitrogens is 1. The molecular weight excluding hydrogens is 306 g/mol. The Morgan fingerprint density at radius 1 is 1.33 bits per heavy atom. The van der Waals surface area contributed by atoms with Crippen molar-refractivity contribution in [2.75, 3.05) is 33.4 Å². The largest absolute Gasteiger partial charge is 0.384 e. The minimum absolute atomic E-state index is 0.00374. The number of rotatable bonds is 6. The summed E-state index contributed by atoms with van der Waals surface area (Å²) in [7, 11) is 1.71. The highest BCUT2D eigenvalue weighted by Gasteiger charge is 2.32. The van der Waals surface area contributed by atoms with Crippen LogP contribution in [-0.4, -0.2) is 54.4 Å². The quantitative estimate of drug-likeness (QED) is 0.741. The summed E-state index contributed by atoms with van der Waals surface area (Å²) in [4.78, 5) is 16.6. The van der Waals surface area contributed by atoms with Gasteiger partial charge >= 0.3 is 0 Å². The van der Waals surface area contributed by atoms with E-state index in [1.54, 1.807) is 25.7 Å². The Morgan fingerprint density at radius 3 is 2.79 bits per heavy atom. The number of aromatic amines is 1. The third-order valence-electron chi connectivity index (χ3n) is 4.59. The molecule has 2 aromatic rings. The van der Waals surface area contributed by atoms with Crippen LogP contribution in [0.15, 0.2) is 30.7 Å². The van der Waals surface area contributed by atoms with Crippen molar-refractivity contribution >= 4 is 5.91 Å². The molecule has 2 aromatic heterocycles. The van der Waals surface area contributed by atoms with Gasteiger partial charge in [0.05, 0.1) is 24.1 Å². The lowest BCUT2D eigenvalue weighted by Crippen LogP contribution is -2.47. The molecule has 0 radical (unpaired) electrons. The van der Waals surface area contributed by atoms with Crippen molar-refractivity contribution in [2.45, 2.75) is 12.8 Å². The summed E-state index contributed by atoms with van der Waals surface area (Å²) in [5.41, 5.74) is 2.14. The van der Waals surface area contributed by atoms with Gasteiger partial charge in [0.25, 0.3) is 5.91 Å². The Morgan fingerprint density at radius 2 is 2.08 bits per heavy atom. The second-order valence-corrected chi connectivity index (χ2v) is 6.26. The van der Waals surface area contributed by atoms with E-state index in [1.807, 2.05) is 12.1 Å². The van der Waals surface area contributed by atoms with Gasteiger partial charge in [0.2, 0.25) is 0 Å². The Labute approximate surface area is 141 Å². The number of ether oxygens (including phenoxy) is 1. The summed E-state index contributed by atoms with van der Waals surface area (Å²) in [5.74, 6) is -0.121. The number of pyridine rings is 1. The predicted octanol–water partition coefficient (Wildman–Crippen LogP) is 1.22. The van der Waals surface area contributed by atoms with Crippen LogP contribution in [0.5, 0.6) is 0 Å². The van der Waals surface area contributed by atoms with Crippen LogP contribution in [0.1, 0.15) is 23.2 Å². The first-order valence-electron chi connectivity index (χ1n) is 8.16. The highest BCUT2D eigenvalue weighted by Crippen LogP contribution is 2.28.